The van der Waals surface area contributed by atoms with Crippen LogP contribution in [0.3, 0.4) is 0 Å². The first-order valence-electron chi connectivity index (χ1n) is 10.7. The molecule has 0 aliphatic rings. The van der Waals surface area contributed by atoms with Gasteiger partial charge in [-0.05, 0) is 61.7 Å². The largest absolute Gasteiger partial charge is 0.481 e. The highest BCUT2D eigenvalue weighted by Crippen LogP contribution is 2.26. The molecule has 0 unspecified atom stereocenters. The van der Waals surface area contributed by atoms with E-state index in [0.717, 1.165) is 28.5 Å². The number of carbonyl (C=O) groups is 1. The van der Waals surface area contributed by atoms with E-state index < -0.39 is 16.1 Å². The van der Waals surface area contributed by atoms with Crippen molar-refractivity contribution >= 4 is 21.6 Å². The molecular formula is C26H30N2O4S. The minimum atomic E-state index is -3.35. The highest BCUT2D eigenvalue weighted by molar-refractivity contribution is 7.92. The topological polar surface area (TPSA) is 75.7 Å². The van der Waals surface area contributed by atoms with Crippen LogP contribution in [-0.4, -0.2) is 33.7 Å². The number of benzene rings is 3. The molecule has 0 aliphatic carbocycles. The monoisotopic (exact) mass is 466 g/mol. The molecule has 1 N–H and O–H groups in total. The van der Waals surface area contributed by atoms with Crippen molar-refractivity contribution < 1.29 is 17.9 Å². The van der Waals surface area contributed by atoms with Crippen molar-refractivity contribution in [1.29, 1.82) is 0 Å². The van der Waals surface area contributed by atoms with Crippen molar-refractivity contribution in [2.45, 2.75) is 32.9 Å². The molecular weight excluding hydrogens is 436 g/mol. The van der Waals surface area contributed by atoms with Crippen LogP contribution in [0.5, 0.6) is 5.75 Å². The number of nitrogens with one attached hydrogen (secondary N) is 1. The third-order valence-corrected chi connectivity index (χ3v) is 6.74. The first-order chi connectivity index (χ1) is 15.6. The molecule has 6 nitrogen and oxygen atoms in total. The normalized spacial score (nSPS) is 13.1. The molecule has 0 aromatic heterocycles. The maximum atomic E-state index is 13.1. The Kier molecular flexibility index (Phi) is 7.43. The predicted octanol–water partition coefficient (Wildman–Crippen LogP) is 4.37. The third kappa shape index (κ3) is 6.14. The summed E-state index contributed by atoms with van der Waals surface area (Å²) in [5.41, 5.74) is 4.79. The van der Waals surface area contributed by atoms with E-state index in [4.69, 9.17) is 4.74 Å². The van der Waals surface area contributed by atoms with E-state index in [1.165, 1.54) is 11.4 Å². The molecule has 0 saturated heterocycles. The number of rotatable bonds is 8. The lowest BCUT2D eigenvalue weighted by atomic mass is 9.93. The lowest BCUT2D eigenvalue weighted by molar-refractivity contribution is -0.127. The molecule has 2 atom stereocenters. The molecule has 0 bridgehead atoms. The molecule has 33 heavy (non-hydrogen) atoms. The van der Waals surface area contributed by atoms with Gasteiger partial charge in [0.2, 0.25) is 10.0 Å². The summed E-state index contributed by atoms with van der Waals surface area (Å²) in [7, 11) is -1.87. The molecule has 1 amide bonds. The Morgan fingerprint density at radius 3 is 2.18 bits per heavy atom. The fourth-order valence-electron chi connectivity index (χ4n) is 3.58. The van der Waals surface area contributed by atoms with Crippen LogP contribution in [0.2, 0.25) is 0 Å². The van der Waals surface area contributed by atoms with Gasteiger partial charge in [0.05, 0.1) is 18.0 Å². The highest BCUT2D eigenvalue weighted by atomic mass is 32.2. The van der Waals surface area contributed by atoms with Gasteiger partial charge in [-0.3, -0.25) is 9.10 Å². The van der Waals surface area contributed by atoms with Crippen LogP contribution in [-0.2, 0) is 14.8 Å². The Balaban J connectivity index is 1.77. The number of amides is 1. The number of ether oxygens (including phenoxy) is 1. The highest BCUT2D eigenvalue weighted by Gasteiger charge is 2.23. The van der Waals surface area contributed by atoms with Gasteiger partial charge >= 0.3 is 0 Å². The van der Waals surface area contributed by atoms with E-state index in [1.54, 1.807) is 31.2 Å². The molecule has 0 spiro atoms. The zero-order valence-electron chi connectivity index (χ0n) is 19.6. The zero-order valence-corrected chi connectivity index (χ0v) is 20.4. The minimum absolute atomic E-state index is 0.249. The number of sulfonamides is 1. The Morgan fingerprint density at radius 2 is 1.61 bits per heavy atom. The number of aryl methyl sites for hydroxylation is 2. The molecule has 0 heterocycles. The Labute approximate surface area is 196 Å². The second kappa shape index (κ2) is 10.1. The summed E-state index contributed by atoms with van der Waals surface area (Å²) in [6.45, 7) is 5.77. The molecule has 3 rings (SSSR count). The fourth-order valence-corrected chi connectivity index (χ4v) is 4.08. The zero-order chi connectivity index (χ0) is 24.2. The lowest BCUT2D eigenvalue weighted by Crippen LogP contribution is -2.39. The Hall–Kier alpha value is -3.32. The van der Waals surface area contributed by atoms with Crippen LogP contribution in [0.1, 0.15) is 35.2 Å². The van der Waals surface area contributed by atoms with Crippen molar-refractivity contribution in [3.63, 3.8) is 0 Å². The van der Waals surface area contributed by atoms with Gasteiger partial charge in [-0.25, -0.2) is 8.42 Å². The maximum absolute atomic E-state index is 13.1. The quantitative estimate of drug-likeness (QED) is 0.535. The average Bonchev–Trinajstić information content (AvgIpc) is 2.77. The fraction of sp³-hybridized carbons (Fsp3) is 0.269. The van der Waals surface area contributed by atoms with Gasteiger partial charge in [0.1, 0.15) is 5.75 Å². The standard InChI is InChI=1S/C26H30N2O4S/c1-18-11-16-24(19(2)17-18)25(21-9-7-6-8-10-21)27-26(29)20(3)32-23-14-12-22(13-15-23)28(4)33(5,30)31/h6-17,20,25H,1-5H3,(H,27,29)/t20-,25+/m1/s1. The SMILES string of the molecule is Cc1ccc([C@@H](NC(=O)[C@@H](C)Oc2ccc(N(C)S(C)(=O)=O)cc2)c2ccccc2)c(C)c1. The van der Waals surface area contributed by atoms with Crippen LogP contribution < -0.4 is 14.4 Å². The predicted molar refractivity (Wildman–Crippen MR) is 132 cm³/mol. The van der Waals surface area contributed by atoms with Crippen molar-refractivity contribution in [1.82, 2.24) is 5.32 Å². The van der Waals surface area contributed by atoms with E-state index in [2.05, 4.69) is 11.4 Å². The molecule has 3 aromatic rings. The van der Waals surface area contributed by atoms with Crippen LogP contribution in [0, 0.1) is 13.8 Å². The summed E-state index contributed by atoms with van der Waals surface area (Å²) < 4.78 is 30.4. The van der Waals surface area contributed by atoms with E-state index in [9.17, 15) is 13.2 Å². The van der Waals surface area contributed by atoms with Crippen molar-refractivity contribution in [3.05, 3.63) is 95.1 Å². The third-order valence-electron chi connectivity index (χ3n) is 5.54. The molecule has 3 aromatic carbocycles. The second-order valence-electron chi connectivity index (χ2n) is 8.20. The van der Waals surface area contributed by atoms with E-state index in [-0.39, 0.29) is 11.9 Å². The van der Waals surface area contributed by atoms with Gasteiger partial charge in [0, 0.05) is 7.05 Å². The van der Waals surface area contributed by atoms with E-state index >= 15 is 0 Å². The van der Waals surface area contributed by atoms with Gasteiger partial charge in [0.25, 0.3) is 5.91 Å². The van der Waals surface area contributed by atoms with Crippen molar-refractivity contribution in [2.75, 3.05) is 17.6 Å². The molecule has 0 radical (unpaired) electrons. The van der Waals surface area contributed by atoms with Crippen LogP contribution >= 0.6 is 0 Å². The summed E-state index contributed by atoms with van der Waals surface area (Å²) in [6, 6.07) is 22.3. The number of nitrogens with zero attached hydrogens (tertiary/aromatic N) is 1. The smallest absolute Gasteiger partial charge is 0.261 e. The van der Waals surface area contributed by atoms with Crippen LogP contribution in [0.15, 0.2) is 72.8 Å². The summed E-state index contributed by atoms with van der Waals surface area (Å²) in [6.07, 6.45) is 0.392. The number of carbonyl (C=O) groups excluding carboxylic acids is 1. The Bertz CT molecular complexity index is 1210. The van der Waals surface area contributed by atoms with Gasteiger partial charge in [-0.2, -0.15) is 0 Å². The first-order valence-corrected chi connectivity index (χ1v) is 12.5. The molecule has 174 valence electrons. The summed E-state index contributed by atoms with van der Waals surface area (Å²) in [4.78, 5) is 13.1. The maximum Gasteiger partial charge on any atom is 0.261 e. The van der Waals surface area contributed by atoms with Crippen LogP contribution in [0.25, 0.3) is 0 Å². The van der Waals surface area contributed by atoms with Gasteiger partial charge in [0.15, 0.2) is 6.10 Å². The number of anilines is 1. The van der Waals surface area contributed by atoms with E-state index in [1.807, 2.05) is 56.3 Å². The van der Waals surface area contributed by atoms with Crippen molar-refractivity contribution in [3.8, 4) is 5.75 Å². The molecule has 0 saturated carbocycles. The Morgan fingerprint density at radius 1 is 0.970 bits per heavy atom. The van der Waals surface area contributed by atoms with Crippen molar-refractivity contribution in [2.24, 2.45) is 0 Å². The number of hydrogen-bond donors (Lipinski definition) is 1. The number of hydrogen-bond acceptors (Lipinski definition) is 4. The summed E-state index contributed by atoms with van der Waals surface area (Å²) in [5, 5.41) is 3.13. The minimum Gasteiger partial charge on any atom is -0.481 e. The van der Waals surface area contributed by atoms with E-state index in [0.29, 0.717) is 11.4 Å². The second-order valence-corrected chi connectivity index (χ2v) is 10.2. The first kappa shape index (κ1) is 24.3. The lowest BCUT2D eigenvalue weighted by Gasteiger charge is -2.24. The molecule has 0 fully saturated rings. The summed E-state index contributed by atoms with van der Waals surface area (Å²) >= 11 is 0. The van der Waals surface area contributed by atoms with Gasteiger partial charge < -0.3 is 10.1 Å². The van der Waals surface area contributed by atoms with Gasteiger partial charge in [-0.1, -0.05) is 54.1 Å². The molecule has 7 heteroatoms. The van der Waals surface area contributed by atoms with Crippen LogP contribution in [0.4, 0.5) is 5.69 Å². The van der Waals surface area contributed by atoms with Gasteiger partial charge in [-0.15, -0.1) is 0 Å². The average molecular weight is 467 g/mol. The molecule has 0 aliphatic heterocycles. The summed E-state index contributed by atoms with van der Waals surface area (Å²) in [5.74, 6) is 0.229.